The Kier molecular flexibility index (Phi) is 6.78. The van der Waals surface area contributed by atoms with E-state index in [1.807, 2.05) is 85.2 Å². The fourth-order valence-corrected chi connectivity index (χ4v) is 5.79. The smallest absolute Gasteiger partial charge is 0.149 e. The SMILES string of the molecule is CC(C)(C)c1cccc(-c2nc3c(-c4cccc(-c5cc(-c6ccccc6)ccn5)c4)nccc3n2-c2ccccc2)c1O. The first-order chi connectivity index (χ1) is 21.4. The molecule has 7 aromatic rings. The topological polar surface area (TPSA) is 63.8 Å². The monoisotopic (exact) mass is 572 g/mol. The minimum absolute atomic E-state index is 0.233. The Morgan fingerprint density at radius 3 is 2.07 bits per heavy atom. The molecule has 4 aromatic carbocycles. The molecule has 0 saturated carbocycles. The molecule has 3 heterocycles. The Morgan fingerprint density at radius 2 is 1.30 bits per heavy atom. The maximum Gasteiger partial charge on any atom is 0.149 e. The molecule has 0 aliphatic rings. The third-order valence-corrected chi connectivity index (χ3v) is 7.97. The number of aromatic hydroxyl groups is 1. The van der Waals surface area contributed by atoms with Crippen LogP contribution >= 0.6 is 0 Å². The fourth-order valence-electron chi connectivity index (χ4n) is 5.79. The zero-order valence-corrected chi connectivity index (χ0v) is 24.9. The van der Waals surface area contributed by atoms with E-state index >= 15 is 0 Å². The number of para-hydroxylation sites is 2. The summed E-state index contributed by atoms with van der Waals surface area (Å²) in [6, 6.07) is 40.8. The third-order valence-electron chi connectivity index (χ3n) is 7.97. The minimum atomic E-state index is -0.233. The van der Waals surface area contributed by atoms with Crippen LogP contribution in [0.3, 0.4) is 0 Å². The van der Waals surface area contributed by atoms with Crippen molar-refractivity contribution >= 4 is 11.0 Å². The second-order valence-corrected chi connectivity index (χ2v) is 12.0. The summed E-state index contributed by atoms with van der Waals surface area (Å²) in [6.07, 6.45) is 3.68. The van der Waals surface area contributed by atoms with Crippen LogP contribution in [0.25, 0.3) is 61.8 Å². The van der Waals surface area contributed by atoms with Gasteiger partial charge in [0.05, 0.1) is 22.5 Å². The van der Waals surface area contributed by atoms with Crippen molar-refractivity contribution in [2.24, 2.45) is 0 Å². The van der Waals surface area contributed by atoms with E-state index in [9.17, 15) is 5.11 Å². The van der Waals surface area contributed by atoms with Gasteiger partial charge in [0.15, 0.2) is 0 Å². The lowest BCUT2D eigenvalue weighted by Gasteiger charge is -2.22. The van der Waals surface area contributed by atoms with Crippen LogP contribution < -0.4 is 0 Å². The number of hydrogen-bond donors (Lipinski definition) is 1. The summed E-state index contributed by atoms with van der Waals surface area (Å²) < 4.78 is 2.11. The van der Waals surface area contributed by atoms with E-state index in [1.54, 1.807) is 0 Å². The third kappa shape index (κ3) is 4.92. The summed E-state index contributed by atoms with van der Waals surface area (Å²) in [5.74, 6) is 0.908. The standard InChI is InChI=1S/C39H32N4O/c1-39(2,3)32-19-11-18-31(37(32)44)38-42-36-34(43(38)30-16-8-5-9-17-30)21-23-41-35(36)29-15-10-14-28(24-29)33-25-27(20-22-40-33)26-12-6-4-7-13-26/h4-25,44H,1-3H3. The number of rotatable bonds is 5. The first-order valence-electron chi connectivity index (χ1n) is 14.8. The van der Waals surface area contributed by atoms with Gasteiger partial charge in [-0.05, 0) is 64.6 Å². The van der Waals surface area contributed by atoms with Crippen LogP contribution in [-0.2, 0) is 5.41 Å². The molecule has 5 nitrogen and oxygen atoms in total. The number of pyridine rings is 2. The minimum Gasteiger partial charge on any atom is -0.507 e. The van der Waals surface area contributed by atoms with Crippen molar-refractivity contribution in [3.8, 4) is 56.5 Å². The van der Waals surface area contributed by atoms with E-state index in [-0.39, 0.29) is 11.2 Å². The van der Waals surface area contributed by atoms with E-state index in [0.717, 1.165) is 55.9 Å². The van der Waals surface area contributed by atoms with Gasteiger partial charge in [-0.1, -0.05) is 99.6 Å². The Bertz CT molecular complexity index is 2110. The average molecular weight is 573 g/mol. The second-order valence-electron chi connectivity index (χ2n) is 12.0. The Hall–Kier alpha value is -5.55. The summed E-state index contributed by atoms with van der Waals surface area (Å²) in [5, 5.41) is 11.6. The number of fused-ring (bicyclic) bond motifs is 1. The molecule has 0 aliphatic carbocycles. The highest BCUT2D eigenvalue weighted by Crippen LogP contribution is 2.41. The lowest BCUT2D eigenvalue weighted by atomic mass is 9.85. The van der Waals surface area contributed by atoms with Gasteiger partial charge in [-0.15, -0.1) is 0 Å². The summed E-state index contributed by atoms with van der Waals surface area (Å²) in [5.41, 5.74) is 9.81. The zero-order chi connectivity index (χ0) is 30.3. The van der Waals surface area contributed by atoms with Gasteiger partial charge in [0.2, 0.25) is 0 Å². The average Bonchev–Trinajstić information content (AvgIpc) is 3.45. The molecule has 0 spiro atoms. The van der Waals surface area contributed by atoms with E-state index < -0.39 is 0 Å². The van der Waals surface area contributed by atoms with Crippen molar-refractivity contribution in [2.45, 2.75) is 26.2 Å². The van der Waals surface area contributed by atoms with Crippen LogP contribution in [0, 0.1) is 0 Å². The van der Waals surface area contributed by atoms with Crippen LogP contribution in [0.2, 0.25) is 0 Å². The molecular formula is C39H32N4O. The van der Waals surface area contributed by atoms with E-state index in [2.05, 4.69) is 73.9 Å². The highest BCUT2D eigenvalue weighted by atomic mass is 16.3. The molecule has 44 heavy (non-hydrogen) atoms. The maximum absolute atomic E-state index is 11.6. The molecule has 0 bridgehead atoms. The molecule has 0 amide bonds. The van der Waals surface area contributed by atoms with Gasteiger partial charge in [-0.2, -0.15) is 0 Å². The lowest BCUT2D eigenvalue weighted by Crippen LogP contribution is -2.11. The van der Waals surface area contributed by atoms with E-state index in [1.165, 1.54) is 0 Å². The van der Waals surface area contributed by atoms with Gasteiger partial charge >= 0.3 is 0 Å². The molecule has 7 rings (SSSR count). The predicted molar refractivity (Wildman–Crippen MR) is 179 cm³/mol. The summed E-state index contributed by atoms with van der Waals surface area (Å²) in [7, 11) is 0. The van der Waals surface area contributed by atoms with Crippen molar-refractivity contribution in [3.63, 3.8) is 0 Å². The van der Waals surface area contributed by atoms with Gasteiger partial charge in [0, 0.05) is 29.2 Å². The largest absolute Gasteiger partial charge is 0.507 e. The van der Waals surface area contributed by atoms with Crippen molar-refractivity contribution in [1.29, 1.82) is 0 Å². The Balaban J connectivity index is 1.41. The van der Waals surface area contributed by atoms with Crippen LogP contribution in [0.5, 0.6) is 5.75 Å². The number of benzene rings is 4. The number of aromatic nitrogens is 4. The molecule has 3 aromatic heterocycles. The van der Waals surface area contributed by atoms with Crippen molar-refractivity contribution in [3.05, 3.63) is 139 Å². The van der Waals surface area contributed by atoms with E-state index in [4.69, 9.17) is 15.0 Å². The lowest BCUT2D eigenvalue weighted by molar-refractivity contribution is 0.448. The van der Waals surface area contributed by atoms with Crippen LogP contribution in [0.4, 0.5) is 0 Å². The number of hydrogen-bond acceptors (Lipinski definition) is 4. The number of nitrogens with zero attached hydrogens (tertiary/aromatic N) is 4. The summed E-state index contributed by atoms with van der Waals surface area (Å²) in [4.78, 5) is 14.7. The Morgan fingerprint density at radius 1 is 0.614 bits per heavy atom. The van der Waals surface area contributed by atoms with Crippen LogP contribution in [-0.4, -0.2) is 24.6 Å². The summed E-state index contributed by atoms with van der Waals surface area (Å²) >= 11 is 0. The number of imidazole rings is 1. The molecular weight excluding hydrogens is 540 g/mol. The molecule has 0 fully saturated rings. The van der Waals surface area contributed by atoms with Crippen molar-refractivity contribution < 1.29 is 5.11 Å². The first kappa shape index (κ1) is 27.3. The van der Waals surface area contributed by atoms with Gasteiger partial charge in [-0.25, -0.2) is 4.98 Å². The van der Waals surface area contributed by atoms with Crippen LogP contribution in [0.1, 0.15) is 26.3 Å². The van der Waals surface area contributed by atoms with Crippen molar-refractivity contribution in [2.75, 3.05) is 0 Å². The molecule has 0 atom stereocenters. The van der Waals surface area contributed by atoms with Gasteiger partial charge < -0.3 is 5.11 Å². The molecule has 0 radical (unpaired) electrons. The second kappa shape index (κ2) is 10.9. The summed E-state index contributed by atoms with van der Waals surface area (Å²) in [6.45, 7) is 6.31. The normalized spacial score (nSPS) is 11.6. The van der Waals surface area contributed by atoms with Gasteiger partial charge in [0.25, 0.3) is 0 Å². The first-order valence-corrected chi connectivity index (χ1v) is 14.8. The number of phenolic OH excluding ortho intramolecular Hbond substituents is 1. The molecule has 214 valence electrons. The zero-order valence-electron chi connectivity index (χ0n) is 24.9. The maximum atomic E-state index is 11.6. The molecule has 0 unspecified atom stereocenters. The Labute approximate surface area is 257 Å². The molecule has 5 heteroatoms. The van der Waals surface area contributed by atoms with Crippen molar-refractivity contribution in [1.82, 2.24) is 19.5 Å². The molecule has 0 aliphatic heterocycles. The van der Waals surface area contributed by atoms with E-state index in [0.29, 0.717) is 11.4 Å². The molecule has 0 saturated heterocycles. The predicted octanol–water partition coefficient (Wildman–Crippen LogP) is 9.49. The van der Waals surface area contributed by atoms with Gasteiger partial charge in [-0.3, -0.25) is 14.5 Å². The fraction of sp³-hybridized carbons (Fsp3) is 0.103. The number of phenols is 1. The highest BCUT2D eigenvalue weighted by Gasteiger charge is 2.25. The highest BCUT2D eigenvalue weighted by molar-refractivity contribution is 5.94. The quantitative estimate of drug-likeness (QED) is 0.223. The van der Waals surface area contributed by atoms with Crippen LogP contribution in [0.15, 0.2) is 134 Å². The van der Waals surface area contributed by atoms with Gasteiger partial charge in [0.1, 0.15) is 17.1 Å². The molecule has 1 N–H and O–H groups in total.